The lowest BCUT2D eigenvalue weighted by molar-refractivity contribution is -0.384. The summed E-state index contributed by atoms with van der Waals surface area (Å²) >= 11 is 6.13. The number of rotatable bonds is 7. The number of para-hydroxylation sites is 1. The number of hydrogen-bond donors (Lipinski definition) is 2. The van der Waals surface area contributed by atoms with Crippen LogP contribution in [0.15, 0.2) is 42.5 Å². The van der Waals surface area contributed by atoms with Gasteiger partial charge in [-0.2, -0.15) is 5.10 Å². The van der Waals surface area contributed by atoms with Crippen LogP contribution in [0, 0.1) is 17.0 Å². The number of anilines is 1. The molecule has 0 aliphatic heterocycles. The highest BCUT2D eigenvalue weighted by molar-refractivity contribution is 6.33. The number of nitro groups is 1. The van der Waals surface area contributed by atoms with Gasteiger partial charge in [-0.1, -0.05) is 29.8 Å². The molecule has 9 heteroatoms. The van der Waals surface area contributed by atoms with E-state index in [1.165, 1.54) is 12.1 Å². The maximum atomic E-state index is 10.9. The number of nitro benzene ring substituents is 1. The van der Waals surface area contributed by atoms with E-state index >= 15 is 0 Å². The summed E-state index contributed by atoms with van der Waals surface area (Å²) in [6.45, 7) is 2.34. The van der Waals surface area contributed by atoms with Crippen molar-refractivity contribution in [1.82, 2.24) is 15.2 Å². The molecule has 0 unspecified atom stereocenters. The lowest BCUT2D eigenvalue weighted by Crippen LogP contribution is -2.04. The Labute approximate surface area is 154 Å². The first-order valence-corrected chi connectivity index (χ1v) is 8.17. The molecule has 0 aliphatic rings. The Balaban J connectivity index is 1.61. The number of hydrogen-bond acceptors (Lipinski definition) is 6. The molecule has 2 N–H and O–H groups in total. The highest BCUT2D eigenvalue weighted by atomic mass is 35.5. The van der Waals surface area contributed by atoms with E-state index in [0.29, 0.717) is 29.4 Å². The van der Waals surface area contributed by atoms with Gasteiger partial charge in [0, 0.05) is 12.1 Å². The molecule has 26 heavy (non-hydrogen) atoms. The first-order chi connectivity index (χ1) is 12.5. The predicted molar refractivity (Wildman–Crippen MR) is 97.3 cm³/mol. The summed E-state index contributed by atoms with van der Waals surface area (Å²) in [7, 11) is 0. The number of nitrogens with one attached hydrogen (secondary N) is 2. The molecule has 0 aliphatic carbocycles. The van der Waals surface area contributed by atoms with E-state index in [1.54, 1.807) is 6.92 Å². The molecule has 0 saturated carbocycles. The van der Waals surface area contributed by atoms with Crippen LogP contribution in [-0.4, -0.2) is 20.1 Å². The van der Waals surface area contributed by atoms with Crippen LogP contribution in [0.1, 0.15) is 17.2 Å². The van der Waals surface area contributed by atoms with Crippen LogP contribution in [0.3, 0.4) is 0 Å². The van der Waals surface area contributed by atoms with Gasteiger partial charge in [-0.05, 0) is 24.6 Å². The molecule has 0 spiro atoms. The number of nitrogens with zero attached hydrogens (tertiary/aromatic N) is 3. The standard InChI is InChI=1S/C17H16ClN5O3/c1-11-7-12(23(24)25)8-14(18)17(11)19-9-15-20-16(22-21-15)10-26-13-5-3-2-4-6-13/h2-8,19H,9-10H2,1H3,(H,20,21,22). The fourth-order valence-corrected chi connectivity index (χ4v) is 2.70. The Hall–Kier alpha value is -3.13. The summed E-state index contributed by atoms with van der Waals surface area (Å²) < 4.78 is 5.60. The number of aromatic amines is 1. The average Bonchev–Trinajstić information content (AvgIpc) is 3.08. The molecule has 0 atom stereocenters. The van der Waals surface area contributed by atoms with Crippen molar-refractivity contribution in [3.8, 4) is 5.75 Å². The fourth-order valence-electron chi connectivity index (χ4n) is 2.37. The highest BCUT2D eigenvalue weighted by Gasteiger charge is 2.14. The van der Waals surface area contributed by atoms with Crippen LogP contribution in [0.2, 0.25) is 5.02 Å². The summed E-state index contributed by atoms with van der Waals surface area (Å²) in [4.78, 5) is 14.7. The van der Waals surface area contributed by atoms with E-state index in [-0.39, 0.29) is 17.3 Å². The van der Waals surface area contributed by atoms with E-state index in [2.05, 4.69) is 20.5 Å². The molecular formula is C17H16ClN5O3. The second kappa shape index (κ2) is 7.83. The molecule has 8 nitrogen and oxygen atoms in total. The van der Waals surface area contributed by atoms with Crippen molar-refractivity contribution in [2.24, 2.45) is 0 Å². The Morgan fingerprint density at radius 1 is 1.31 bits per heavy atom. The van der Waals surface area contributed by atoms with E-state index in [1.807, 2.05) is 30.3 Å². The fraction of sp³-hybridized carbons (Fsp3) is 0.176. The van der Waals surface area contributed by atoms with Crippen molar-refractivity contribution in [2.45, 2.75) is 20.1 Å². The molecule has 1 heterocycles. The van der Waals surface area contributed by atoms with Crippen LogP contribution >= 0.6 is 11.6 Å². The van der Waals surface area contributed by atoms with E-state index in [4.69, 9.17) is 16.3 Å². The maximum absolute atomic E-state index is 10.9. The zero-order valence-corrected chi connectivity index (χ0v) is 14.7. The van der Waals surface area contributed by atoms with Gasteiger partial charge in [-0.3, -0.25) is 15.2 Å². The normalized spacial score (nSPS) is 10.5. The maximum Gasteiger partial charge on any atom is 0.271 e. The Bertz CT molecular complexity index is 891. The third-order valence-corrected chi connectivity index (χ3v) is 3.90. The minimum Gasteiger partial charge on any atom is -0.486 e. The van der Waals surface area contributed by atoms with Gasteiger partial charge in [0.2, 0.25) is 0 Å². The van der Waals surface area contributed by atoms with Crippen molar-refractivity contribution in [3.05, 3.63) is 74.8 Å². The Morgan fingerprint density at radius 3 is 2.77 bits per heavy atom. The molecule has 134 valence electrons. The number of halogens is 1. The molecule has 0 saturated heterocycles. The second-order valence-corrected chi connectivity index (χ2v) is 5.94. The van der Waals surface area contributed by atoms with Crippen LogP contribution in [0.4, 0.5) is 11.4 Å². The number of benzene rings is 2. The van der Waals surface area contributed by atoms with Crippen LogP contribution in [-0.2, 0) is 13.2 Å². The van der Waals surface area contributed by atoms with Crippen molar-refractivity contribution in [1.29, 1.82) is 0 Å². The molecular weight excluding hydrogens is 358 g/mol. The van der Waals surface area contributed by atoms with Crippen molar-refractivity contribution in [3.63, 3.8) is 0 Å². The zero-order valence-electron chi connectivity index (χ0n) is 13.9. The van der Waals surface area contributed by atoms with Gasteiger partial charge in [-0.15, -0.1) is 0 Å². The summed E-state index contributed by atoms with van der Waals surface area (Å²) in [6.07, 6.45) is 0. The molecule has 3 aromatic rings. The smallest absolute Gasteiger partial charge is 0.271 e. The zero-order chi connectivity index (χ0) is 18.5. The minimum atomic E-state index is -0.475. The summed E-state index contributed by atoms with van der Waals surface area (Å²) in [5.74, 6) is 1.87. The van der Waals surface area contributed by atoms with Gasteiger partial charge >= 0.3 is 0 Å². The number of H-pyrrole nitrogens is 1. The Morgan fingerprint density at radius 2 is 2.08 bits per heavy atom. The van der Waals surface area contributed by atoms with Gasteiger partial charge in [0.05, 0.1) is 22.2 Å². The Kier molecular flexibility index (Phi) is 5.33. The third kappa shape index (κ3) is 4.28. The number of non-ortho nitro benzene ring substituents is 1. The van der Waals surface area contributed by atoms with Gasteiger partial charge in [-0.25, -0.2) is 4.98 Å². The monoisotopic (exact) mass is 373 g/mol. The van der Waals surface area contributed by atoms with Crippen LogP contribution < -0.4 is 10.1 Å². The highest BCUT2D eigenvalue weighted by Crippen LogP contribution is 2.30. The van der Waals surface area contributed by atoms with Crippen molar-refractivity contribution in [2.75, 3.05) is 5.32 Å². The van der Waals surface area contributed by atoms with E-state index < -0.39 is 4.92 Å². The number of aryl methyl sites for hydroxylation is 1. The first kappa shape index (κ1) is 17.7. The molecule has 0 amide bonds. The third-order valence-electron chi connectivity index (χ3n) is 3.60. The molecule has 3 rings (SSSR count). The minimum absolute atomic E-state index is 0.0451. The topological polar surface area (TPSA) is 106 Å². The van der Waals surface area contributed by atoms with Crippen molar-refractivity contribution >= 4 is 23.0 Å². The number of ether oxygens (including phenoxy) is 1. The summed E-state index contributed by atoms with van der Waals surface area (Å²) in [5.41, 5.74) is 1.24. The molecule has 0 bridgehead atoms. The lowest BCUT2D eigenvalue weighted by atomic mass is 10.1. The van der Waals surface area contributed by atoms with Crippen LogP contribution in [0.5, 0.6) is 5.75 Å². The quantitative estimate of drug-likeness (QED) is 0.481. The largest absolute Gasteiger partial charge is 0.486 e. The molecule has 0 fully saturated rings. The van der Waals surface area contributed by atoms with E-state index in [0.717, 1.165) is 5.75 Å². The van der Waals surface area contributed by atoms with Gasteiger partial charge < -0.3 is 10.1 Å². The van der Waals surface area contributed by atoms with Gasteiger partial charge in [0.1, 0.15) is 12.4 Å². The van der Waals surface area contributed by atoms with E-state index in [9.17, 15) is 10.1 Å². The molecule has 1 aromatic heterocycles. The molecule has 0 radical (unpaired) electrons. The van der Waals surface area contributed by atoms with Gasteiger partial charge in [0.15, 0.2) is 11.6 Å². The average molecular weight is 374 g/mol. The first-order valence-electron chi connectivity index (χ1n) is 7.79. The van der Waals surface area contributed by atoms with Gasteiger partial charge in [0.25, 0.3) is 5.69 Å². The lowest BCUT2D eigenvalue weighted by Gasteiger charge is -2.09. The van der Waals surface area contributed by atoms with Crippen molar-refractivity contribution < 1.29 is 9.66 Å². The summed E-state index contributed by atoms with van der Waals surface area (Å²) in [5, 5.41) is 21.2. The van der Waals surface area contributed by atoms with Crippen LogP contribution in [0.25, 0.3) is 0 Å². The predicted octanol–water partition coefficient (Wildman–Crippen LogP) is 3.87. The second-order valence-electron chi connectivity index (χ2n) is 5.53. The SMILES string of the molecule is Cc1cc([N+](=O)[O-])cc(Cl)c1NCc1n[nH]c(COc2ccccc2)n1. The summed E-state index contributed by atoms with van der Waals surface area (Å²) in [6, 6.07) is 12.2. The molecule has 2 aromatic carbocycles. The number of aromatic nitrogens is 3.